The molecule has 0 bridgehead atoms. The molecule has 4 aromatic rings. The molecule has 0 saturated heterocycles. The van der Waals surface area contributed by atoms with Crippen LogP contribution in [0.25, 0.3) is 21.7 Å². The molecule has 1 aromatic heterocycles. The van der Waals surface area contributed by atoms with E-state index < -0.39 is 0 Å². The highest BCUT2D eigenvalue weighted by Gasteiger charge is 2.09. The average Bonchev–Trinajstić information content (AvgIpc) is 2.66. The lowest BCUT2D eigenvalue weighted by molar-refractivity contribution is 0.420. The number of nitrogens with zero attached hydrogens (tertiary/aromatic N) is 2. The molecule has 0 aliphatic carbocycles. The lowest BCUT2D eigenvalue weighted by Gasteiger charge is -2.15. The second kappa shape index (κ2) is 6.76. The highest BCUT2D eigenvalue weighted by Crippen LogP contribution is 2.32. The molecule has 5 heteroatoms. The number of hydrazine groups is 1. The van der Waals surface area contributed by atoms with E-state index in [0.717, 1.165) is 49.9 Å². The Labute approximate surface area is 158 Å². The van der Waals surface area contributed by atoms with Crippen LogP contribution < -0.4 is 15.6 Å². The topological polar surface area (TPSA) is 59.1 Å². The molecule has 136 valence electrons. The standard InChI is InChI=1S/C22H22N4O/c1-13-11-18-17(9-6-10-20(18)27-4)19(12-13)25-26-22-23-15(3)16-8-5-7-14(2)21(16)24-22/h5-12,25H,1-4H3,(H,23,24,26). The highest BCUT2D eigenvalue weighted by atomic mass is 16.5. The fourth-order valence-corrected chi connectivity index (χ4v) is 3.41. The Morgan fingerprint density at radius 2 is 1.59 bits per heavy atom. The Morgan fingerprint density at radius 3 is 2.41 bits per heavy atom. The minimum Gasteiger partial charge on any atom is -0.496 e. The summed E-state index contributed by atoms with van der Waals surface area (Å²) in [7, 11) is 1.69. The van der Waals surface area contributed by atoms with Gasteiger partial charge in [0.05, 0.1) is 24.0 Å². The van der Waals surface area contributed by atoms with Crippen molar-refractivity contribution in [2.24, 2.45) is 0 Å². The number of ether oxygens (including phenoxy) is 1. The van der Waals surface area contributed by atoms with Gasteiger partial charge in [0.2, 0.25) is 5.95 Å². The number of hydrogen-bond acceptors (Lipinski definition) is 5. The third kappa shape index (κ3) is 3.12. The van der Waals surface area contributed by atoms with E-state index in [2.05, 4.69) is 65.0 Å². The number of aryl methyl sites for hydroxylation is 3. The maximum Gasteiger partial charge on any atom is 0.242 e. The second-order valence-electron chi connectivity index (χ2n) is 6.72. The van der Waals surface area contributed by atoms with Crippen LogP contribution in [0, 0.1) is 20.8 Å². The lowest BCUT2D eigenvalue weighted by Crippen LogP contribution is -2.13. The van der Waals surface area contributed by atoms with Gasteiger partial charge in [-0.05, 0) is 50.1 Å². The van der Waals surface area contributed by atoms with Gasteiger partial charge in [0.15, 0.2) is 0 Å². The SMILES string of the molecule is COc1cccc2c(NNc3nc(C)c4cccc(C)c4n3)cc(C)cc12. The van der Waals surface area contributed by atoms with Crippen molar-refractivity contribution in [2.75, 3.05) is 18.0 Å². The number of benzene rings is 3. The molecule has 0 aliphatic heterocycles. The van der Waals surface area contributed by atoms with Crippen LogP contribution in [0.3, 0.4) is 0 Å². The molecule has 3 aromatic carbocycles. The predicted molar refractivity (Wildman–Crippen MR) is 111 cm³/mol. The van der Waals surface area contributed by atoms with Gasteiger partial charge in [-0.1, -0.05) is 30.3 Å². The summed E-state index contributed by atoms with van der Waals surface area (Å²) in [6, 6.07) is 16.4. The number of methoxy groups -OCH3 is 1. The Morgan fingerprint density at radius 1 is 0.815 bits per heavy atom. The predicted octanol–water partition coefficient (Wildman–Crippen LogP) is 5.16. The molecule has 0 unspecified atom stereocenters. The van der Waals surface area contributed by atoms with Crippen LogP contribution in [0.5, 0.6) is 5.75 Å². The fourth-order valence-electron chi connectivity index (χ4n) is 3.41. The first kappa shape index (κ1) is 17.1. The van der Waals surface area contributed by atoms with Crippen molar-refractivity contribution in [1.82, 2.24) is 9.97 Å². The van der Waals surface area contributed by atoms with Gasteiger partial charge in [-0.25, -0.2) is 9.97 Å². The fraction of sp³-hybridized carbons (Fsp3) is 0.182. The Hall–Kier alpha value is -3.34. The molecule has 0 fully saturated rings. The van der Waals surface area contributed by atoms with Crippen LogP contribution in [0.2, 0.25) is 0 Å². The summed E-state index contributed by atoms with van der Waals surface area (Å²) < 4.78 is 5.50. The zero-order valence-electron chi connectivity index (χ0n) is 15.9. The first-order valence-corrected chi connectivity index (χ1v) is 8.90. The smallest absolute Gasteiger partial charge is 0.242 e. The van der Waals surface area contributed by atoms with Crippen molar-refractivity contribution in [3.05, 3.63) is 65.4 Å². The summed E-state index contributed by atoms with van der Waals surface area (Å²) in [5.41, 5.74) is 11.6. The molecule has 1 heterocycles. The van der Waals surface area contributed by atoms with E-state index >= 15 is 0 Å². The molecule has 0 aliphatic rings. The Balaban J connectivity index is 1.72. The monoisotopic (exact) mass is 358 g/mol. The van der Waals surface area contributed by atoms with Crippen LogP contribution in [0.4, 0.5) is 11.6 Å². The minimum absolute atomic E-state index is 0.548. The van der Waals surface area contributed by atoms with E-state index in [9.17, 15) is 0 Å². The second-order valence-corrected chi connectivity index (χ2v) is 6.72. The number of rotatable bonds is 4. The molecular formula is C22H22N4O. The van der Waals surface area contributed by atoms with Crippen molar-refractivity contribution >= 4 is 33.3 Å². The van der Waals surface area contributed by atoms with Crippen molar-refractivity contribution in [3.8, 4) is 5.75 Å². The van der Waals surface area contributed by atoms with E-state index in [0.29, 0.717) is 5.95 Å². The molecule has 0 spiro atoms. The molecule has 0 amide bonds. The first-order chi connectivity index (χ1) is 13.1. The molecule has 4 rings (SSSR count). The molecular weight excluding hydrogens is 336 g/mol. The van der Waals surface area contributed by atoms with Crippen LogP contribution in [0.15, 0.2) is 48.5 Å². The molecule has 5 nitrogen and oxygen atoms in total. The number of para-hydroxylation sites is 1. The van der Waals surface area contributed by atoms with Crippen LogP contribution >= 0.6 is 0 Å². The molecule has 0 atom stereocenters. The Bertz CT molecular complexity index is 1150. The zero-order valence-corrected chi connectivity index (χ0v) is 15.9. The minimum atomic E-state index is 0.548. The first-order valence-electron chi connectivity index (χ1n) is 8.90. The Kier molecular flexibility index (Phi) is 4.28. The van der Waals surface area contributed by atoms with Gasteiger partial charge < -0.3 is 4.74 Å². The van der Waals surface area contributed by atoms with Crippen molar-refractivity contribution in [3.63, 3.8) is 0 Å². The summed E-state index contributed by atoms with van der Waals surface area (Å²) in [4.78, 5) is 9.26. The molecule has 2 N–H and O–H groups in total. The van der Waals surface area contributed by atoms with Gasteiger partial charge >= 0.3 is 0 Å². The largest absolute Gasteiger partial charge is 0.496 e. The van der Waals surface area contributed by atoms with E-state index in [1.165, 1.54) is 0 Å². The van der Waals surface area contributed by atoms with E-state index in [4.69, 9.17) is 4.74 Å². The number of aromatic nitrogens is 2. The normalized spacial score (nSPS) is 11.0. The zero-order chi connectivity index (χ0) is 19.0. The van der Waals surface area contributed by atoms with E-state index in [-0.39, 0.29) is 0 Å². The molecule has 0 saturated carbocycles. The van der Waals surface area contributed by atoms with E-state index in [1.54, 1.807) is 7.11 Å². The third-order valence-electron chi connectivity index (χ3n) is 4.75. The molecule has 0 radical (unpaired) electrons. The van der Waals surface area contributed by atoms with Gasteiger partial charge in [0, 0.05) is 16.2 Å². The van der Waals surface area contributed by atoms with Gasteiger partial charge in [-0.15, -0.1) is 0 Å². The number of anilines is 2. The van der Waals surface area contributed by atoms with Gasteiger partial charge in [-0.2, -0.15) is 0 Å². The molecule has 27 heavy (non-hydrogen) atoms. The average molecular weight is 358 g/mol. The van der Waals surface area contributed by atoms with Crippen LogP contribution in [0.1, 0.15) is 16.8 Å². The number of hydrogen-bond donors (Lipinski definition) is 2. The maximum atomic E-state index is 5.50. The van der Waals surface area contributed by atoms with Crippen LogP contribution in [-0.2, 0) is 0 Å². The van der Waals surface area contributed by atoms with Crippen molar-refractivity contribution < 1.29 is 4.74 Å². The highest BCUT2D eigenvalue weighted by molar-refractivity contribution is 5.98. The summed E-state index contributed by atoms with van der Waals surface area (Å²) in [6.45, 7) is 6.13. The lowest BCUT2D eigenvalue weighted by atomic mass is 10.0. The maximum absolute atomic E-state index is 5.50. The number of nitrogens with one attached hydrogen (secondary N) is 2. The van der Waals surface area contributed by atoms with Gasteiger partial charge in [0.25, 0.3) is 0 Å². The summed E-state index contributed by atoms with van der Waals surface area (Å²) in [5.74, 6) is 1.40. The quantitative estimate of drug-likeness (QED) is 0.494. The third-order valence-corrected chi connectivity index (χ3v) is 4.75. The van der Waals surface area contributed by atoms with E-state index in [1.807, 2.05) is 25.1 Å². The number of fused-ring (bicyclic) bond motifs is 2. The van der Waals surface area contributed by atoms with Crippen molar-refractivity contribution in [1.29, 1.82) is 0 Å². The van der Waals surface area contributed by atoms with Crippen molar-refractivity contribution in [2.45, 2.75) is 20.8 Å². The van der Waals surface area contributed by atoms with Gasteiger partial charge in [-0.3, -0.25) is 10.9 Å². The summed E-state index contributed by atoms with van der Waals surface area (Å²) in [5, 5.41) is 3.21. The van der Waals surface area contributed by atoms with Gasteiger partial charge in [0.1, 0.15) is 5.75 Å². The summed E-state index contributed by atoms with van der Waals surface area (Å²) in [6.07, 6.45) is 0. The summed E-state index contributed by atoms with van der Waals surface area (Å²) >= 11 is 0. The van der Waals surface area contributed by atoms with Crippen LogP contribution in [-0.4, -0.2) is 17.1 Å².